The van der Waals surface area contributed by atoms with Gasteiger partial charge in [0.2, 0.25) is 11.9 Å². The zero-order chi connectivity index (χ0) is 13.0. The Balaban J connectivity index is 2.14. The Labute approximate surface area is 108 Å². The summed E-state index contributed by atoms with van der Waals surface area (Å²) in [6.07, 6.45) is 0. The van der Waals surface area contributed by atoms with Gasteiger partial charge in [0, 0.05) is 0 Å². The zero-order valence-corrected chi connectivity index (χ0v) is 10.4. The van der Waals surface area contributed by atoms with Crippen molar-refractivity contribution in [3.8, 4) is 0 Å². The van der Waals surface area contributed by atoms with E-state index in [0.717, 1.165) is 5.56 Å². The normalized spacial score (nSPS) is 10.4. The summed E-state index contributed by atoms with van der Waals surface area (Å²) in [6.45, 7) is 0.562. The summed E-state index contributed by atoms with van der Waals surface area (Å²) < 4.78 is 1.66. The third kappa shape index (κ3) is 3.24. The Hall–Kier alpha value is -2.02. The minimum absolute atomic E-state index is 0.160. The number of benzene rings is 1. The molecule has 0 saturated carbocycles. The molecule has 0 fully saturated rings. The molecule has 18 heavy (non-hydrogen) atoms. The molecule has 0 saturated heterocycles. The maximum atomic E-state index is 10.8. The number of primary amides is 1. The van der Waals surface area contributed by atoms with Gasteiger partial charge >= 0.3 is 0 Å². The number of rotatable bonds is 5. The van der Waals surface area contributed by atoms with E-state index in [-0.39, 0.29) is 11.7 Å². The van der Waals surface area contributed by atoms with Gasteiger partial charge in [-0.2, -0.15) is 4.98 Å². The maximum Gasteiger partial charge on any atom is 0.240 e. The fourth-order valence-corrected chi connectivity index (χ4v) is 2.13. The van der Waals surface area contributed by atoms with E-state index in [4.69, 9.17) is 11.5 Å². The molecular formula is C11H13N5OS. The lowest BCUT2D eigenvalue weighted by molar-refractivity contribution is -0.115. The molecule has 0 atom stereocenters. The number of thioether (sulfide) groups is 1. The first-order valence-electron chi connectivity index (χ1n) is 5.30. The van der Waals surface area contributed by atoms with E-state index < -0.39 is 5.91 Å². The van der Waals surface area contributed by atoms with Gasteiger partial charge in [-0.15, -0.1) is 5.10 Å². The summed E-state index contributed by atoms with van der Waals surface area (Å²) >= 11 is 1.23. The number of nitrogen functional groups attached to an aromatic ring is 1. The molecule has 1 amide bonds. The van der Waals surface area contributed by atoms with Gasteiger partial charge < -0.3 is 11.5 Å². The number of carbonyl (C=O) groups excluding carboxylic acids is 1. The number of anilines is 1. The smallest absolute Gasteiger partial charge is 0.240 e. The minimum atomic E-state index is -0.396. The van der Waals surface area contributed by atoms with Gasteiger partial charge in [0.25, 0.3) is 0 Å². The average Bonchev–Trinajstić information content (AvgIpc) is 2.68. The molecule has 94 valence electrons. The molecule has 0 aliphatic heterocycles. The molecule has 4 N–H and O–H groups in total. The molecule has 0 radical (unpaired) electrons. The summed E-state index contributed by atoms with van der Waals surface area (Å²) in [4.78, 5) is 14.8. The molecule has 0 unspecified atom stereocenters. The lowest BCUT2D eigenvalue weighted by Crippen LogP contribution is -2.14. The second-order valence-electron chi connectivity index (χ2n) is 3.65. The van der Waals surface area contributed by atoms with Gasteiger partial charge in [0.05, 0.1) is 12.3 Å². The number of nitrogens with two attached hydrogens (primary N) is 2. The SMILES string of the molecule is NC(=O)CSc1nc(N)nn1Cc1ccccc1. The second-order valence-corrected chi connectivity index (χ2v) is 4.59. The van der Waals surface area contributed by atoms with Crippen LogP contribution in [0.3, 0.4) is 0 Å². The molecule has 1 heterocycles. The molecule has 0 aliphatic carbocycles. The standard InChI is InChI=1S/C11H13N5OS/c12-9(17)7-18-11-14-10(13)15-16(11)6-8-4-2-1-3-5-8/h1-5H,6-7H2,(H2,12,17)(H2,13,15). The van der Waals surface area contributed by atoms with Gasteiger partial charge in [-0.3, -0.25) is 4.79 Å². The lowest BCUT2D eigenvalue weighted by atomic mass is 10.2. The molecular weight excluding hydrogens is 250 g/mol. The van der Waals surface area contributed by atoms with Crippen molar-refractivity contribution < 1.29 is 4.79 Å². The third-order valence-corrected chi connectivity index (χ3v) is 3.16. The van der Waals surface area contributed by atoms with E-state index in [0.29, 0.717) is 11.7 Å². The molecule has 2 aromatic rings. The van der Waals surface area contributed by atoms with Crippen LogP contribution in [0.1, 0.15) is 5.56 Å². The van der Waals surface area contributed by atoms with Gasteiger partial charge in [0.15, 0.2) is 5.16 Å². The predicted molar refractivity (Wildman–Crippen MR) is 69.9 cm³/mol. The monoisotopic (exact) mass is 263 g/mol. The topological polar surface area (TPSA) is 99.8 Å². The second kappa shape index (κ2) is 5.54. The van der Waals surface area contributed by atoms with Gasteiger partial charge in [-0.25, -0.2) is 4.68 Å². The highest BCUT2D eigenvalue weighted by molar-refractivity contribution is 7.99. The summed E-state index contributed by atoms with van der Waals surface area (Å²) in [7, 11) is 0. The van der Waals surface area contributed by atoms with Crippen LogP contribution in [-0.4, -0.2) is 26.4 Å². The number of amides is 1. The Morgan fingerprint density at radius 1 is 1.33 bits per heavy atom. The van der Waals surface area contributed by atoms with Crippen LogP contribution in [0.15, 0.2) is 35.5 Å². The molecule has 0 bridgehead atoms. The van der Waals surface area contributed by atoms with Crippen molar-refractivity contribution in [3.05, 3.63) is 35.9 Å². The minimum Gasteiger partial charge on any atom is -0.369 e. The van der Waals surface area contributed by atoms with Crippen LogP contribution in [0.5, 0.6) is 0 Å². The number of aromatic nitrogens is 3. The summed E-state index contributed by atoms with van der Waals surface area (Å²) in [5.41, 5.74) is 11.8. The highest BCUT2D eigenvalue weighted by Gasteiger charge is 2.10. The highest BCUT2D eigenvalue weighted by atomic mass is 32.2. The quantitative estimate of drug-likeness (QED) is 0.764. The molecule has 2 rings (SSSR count). The largest absolute Gasteiger partial charge is 0.369 e. The Morgan fingerprint density at radius 3 is 2.72 bits per heavy atom. The Kier molecular flexibility index (Phi) is 3.83. The first-order chi connectivity index (χ1) is 8.65. The lowest BCUT2D eigenvalue weighted by Gasteiger charge is -2.04. The van der Waals surface area contributed by atoms with Crippen LogP contribution in [0.25, 0.3) is 0 Å². The Morgan fingerprint density at radius 2 is 2.06 bits per heavy atom. The van der Waals surface area contributed by atoms with Crippen LogP contribution < -0.4 is 11.5 Å². The van der Waals surface area contributed by atoms with Gasteiger partial charge in [-0.05, 0) is 5.56 Å². The Bertz CT molecular complexity index is 540. The number of nitrogens with zero attached hydrogens (tertiary/aromatic N) is 3. The first kappa shape index (κ1) is 12.4. The van der Waals surface area contributed by atoms with Crippen molar-refractivity contribution in [1.82, 2.24) is 14.8 Å². The van der Waals surface area contributed by atoms with E-state index >= 15 is 0 Å². The van der Waals surface area contributed by atoms with Gasteiger partial charge in [-0.1, -0.05) is 42.1 Å². The molecule has 7 heteroatoms. The molecule has 6 nitrogen and oxygen atoms in total. The van der Waals surface area contributed by atoms with E-state index in [2.05, 4.69) is 10.1 Å². The van der Waals surface area contributed by atoms with Crippen LogP contribution >= 0.6 is 11.8 Å². The van der Waals surface area contributed by atoms with E-state index in [9.17, 15) is 4.79 Å². The molecule has 1 aromatic heterocycles. The van der Waals surface area contributed by atoms with Crippen molar-refractivity contribution in [2.45, 2.75) is 11.7 Å². The van der Waals surface area contributed by atoms with Crippen LogP contribution in [-0.2, 0) is 11.3 Å². The van der Waals surface area contributed by atoms with Crippen molar-refractivity contribution in [1.29, 1.82) is 0 Å². The van der Waals surface area contributed by atoms with Crippen molar-refractivity contribution in [3.63, 3.8) is 0 Å². The van der Waals surface area contributed by atoms with Crippen LogP contribution in [0, 0.1) is 0 Å². The summed E-state index contributed by atoms with van der Waals surface area (Å²) in [6, 6.07) is 9.82. The summed E-state index contributed by atoms with van der Waals surface area (Å²) in [5, 5.41) is 4.69. The number of hydrogen-bond acceptors (Lipinski definition) is 5. The first-order valence-corrected chi connectivity index (χ1v) is 6.29. The zero-order valence-electron chi connectivity index (χ0n) is 9.61. The van der Waals surface area contributed by atoms with E-state index in [1.54, 1.807) is 4.68 Å². The highest BCUT2D eigenvalue weighted by Crippen LogP contribution is 2.17. The van der Waals surface area contributed by atoms with E-state index in [1.807, 2.05) is 30.3 Å². The average molecular weight is 263 g/mol. The van der Waals surface area contributed by atoms with Gasteiger partial charge in [0.1, 0.15) is 0 Å². The van der Waals surface area contributed by atoms with Crippen molar-refractivity contribution in [2.24, 2.45) is 5.73 Å². The third-order valence-electron chi connectivity index (χ3n) is 2.17. The number of hydrogen-bond donors (Lipinski definition) is 2. The van der Waals surface area contributed by atoms with Crippen LogP contribution in [0.4, 0.5) is 5.95 Å². The fourth-order valence-electron chi connectivity index (χ4n) is 1.45. The molecule has 0 spiro atoms. The van der Waals surface area contributed by atoms with Crippen molar-refractivity contribution >= 4 is 23.6 Å². The van der Waals surface area contributed by atoms with Crippen molar-refractivity contribution in [2.75, 3.05) is 11.5 Å². The molecule has 0 aliphatic rings. The summed E-state index contributed by atoms with van der Waals surface area (Å²) in [5.74, 6) is -0.0434. The van der Waals surface area contributed by atoms with Crippen LogP contribution in [0.2, 0.25) is 0 Å². The predicted octanol–water partition coefficient (Wildman–Crippen LogP) is 0.486. The number of carbonyl (C=O) groups is 1. The fraction of sp³-hybridized carbons (Fsp3) is 0.182. The molecule has 1 aromatic carbocycles. The maximum absolute atomic E-state index is 10.8. The van der Waals surface area contributed by atoms with E-state index in [1.165, 1.54) is 11.8 Å².